The first-order valence-electron chi connectivity index (χ1n) is 5.54. The summed E-state index contributed by atoms with van der Waals surface area (Å²) in [7, 11) is 1.83. The van der Waals surface area contributed by atoms with Gasteiger partial charge in [0.05, 0.1) is 11.1 Å². The lowest BCUT2D eigenvalue weighted by Gasteiger charge is -2.05. The molecule has 0 unspecified atom stereocenters. The van der Waals surface area contributed by atoms with Crippen LogP contribution >= 0.6 is 0 Å². The number of nitro groups is 1. The lowest BCUT2D eigenvalue weighted by atomic mass is 10.2. The Morgan fingerprint density at radius 3 is 2.95 bits per heavy atom. The highest BCUT2D eigenvalue weighted by Crippen LogP contribution is 2.25. The van der Waals surface area contributed by atoms with Gasteiger partial charge in [-0.25, -0.2) is 9.97 Å². The first kappa shape index (κ1) is 12.7. The van der Waals surface area contributed by atoms with Gasteiger partial charge < -0.3 is 11.1 Å². The Hall–Kier alpha value is -2.71. The summed E-state index contributed by atoms with van der Waals surface area (Å²) in [6, 6.07) is 0. The number of aromatic nitrogens is 4. The molecule has 0 radical (unpaired) electrons. The zero-order chi connectivity index (χ0) is 13.8. The normalized spacial score (nSPS) is 10.4. The van der Waals surface area contributed by atoms with Crippen molar-refractivity contribution in [3.05, 3.63) is 34.4 Å². The van der Waals surface area contributed by atoms with E-state index < -0.39 is 4.92 Å². The third kappa shape index (κ3) is 2.94. The minimum absolute atomic E-state index is 0.126. The van der Waals surface area contributed by atoms with Crippen LogP contribution in [0, 0.1) is 10.1 Å². The Kier molecular flexibility index (Phi) is 3.55. The van der Waals surface area contributed by atoms with E-state index in [2.05, 4.69) is 20.4 Å². The summed E-state index contributed by atoms with van der Waals surface area (Å²) in [6.45, 7) is 0.489. The summed E-state index contributed by atoms with van der Waals surface area (Å²) in [5.74, 6) is -0.0229. The second-order valence-corrected chi connectivity index (χ2v) is 3.91. The molecule has 0 atom stereocenters. The number of hydrogen-bond donors (Lipinski definition) is 2. The number of hydrogen-bond acceptors (Lipinski definition) is 7. The van der Waals surface area contributed by atoms with E-state index in [-0.39, 0.29) is 17.3 Å². The van der Waals surface area contributed by atoms with Gasteiger partial charge in [0, 0.05) is 19.8 Å². The van der Waals surface area contributed by atoms with Gasteiger partial charge in [-0.15, -0.1) is 0 Å². The van der Waals surface area contributed by atoms with E-state index in [4.69, 9.17) is 5.73 Å². The molecule has 0 fully saturated rings. The highest BCUT2D eigenvalue weighted by Gasteiger charge is 2.20. The van der Waals surface area contributed by atoms with Crippen molar-refractivity contribution in [1.29, 1.82) is 0 Å². The molecule has 3 N–H and O–H groups in total. The third-order valence-electron chi connectivity index (χ3n) is 2.50. The van der Waals surface area contributed by atoms with Gasteiger partial charge in [-0.3, -0.25) is 14.8 Å². The van der Waals surface area contributed by atoms with Crippen molar-refractivity contribution in [2.75, 3.05) is 17.6 Å². The molecule has 0 saturated carbocycles. The van der Waals surface area contributed by atoms with Crippen molar-refractivity contribution >= 4 is 17.3 Å². The van der Waals surface area contributed by atoms with E-state index in [1.165, 1.54) is 6.33 Å². The molecule has 9 nitrogen and oxygen atoms in total. The predicted octanol–water partition coefficient (Wildman–Crippen LogP) is 0.355. The van der Waals surface area contributed by atoms with Crippen LogP contribution in [-0.2, 0) is 13.5 Å². The fourth-order valence-electron chi connectivity index (χ4n) is 1.63. The topological polar surface area (TPSA) is 125 Å². The Labute approximate surface area is 108 Å². The van der Waals surface area contributed by atoms with E-state index in [1.807, 2.05) is 13.2 Å². The fourth-order valence-corrected chi connectivity index (χ4v) is 1.63. The molecule has 9 heteroatoms. The minimum atomic E-state index is -0.595. The van der Waals surface area contributed by atoms with Gasteiger partial charge in [-0.2, -0.15) is 5.10 Å². The van der Waals surface area contributed by atoms with Gasteiger partial charge in [-0.05, 0) is 12.0 Å². The molecule has 0 aromatic carbocycles. The SMILES string of the molecule is Cn1cc(CCNc2ncnc(N)c2[N+](=O)[O-])cn1. The van der Waals surface area contributed by atoms with Crippen LogP contribution in [0.3, 0.4) is 0 Å². The lowest BCUT2D eigenvalue weighted by molar-refractivity contribution is -0.383. The first-order chi connectivity index (χ1) is 9.08. The van der Waals surface area contributed by atoms with Crippen molar-refractivity contribution in [3.8, 4) is 0 Å². The standard InChI is InChI=1S/C10H13N7O2/c1-16-5-7(4-15-16)2-3-12-10-8(17(18)19)9(11)13-6-14-10/h4-6H,2-3H2,1H3,(H3,11,12,13,14). The average molecular weight is 263 g/mol. The maximum Gasteiger partial charge on any atom is 0.352 e. The molecule has 0 aliphatic carbocycles. The molecule has 19 heavy (non-hydrogen) atoms. The van der Waals surface area contributed by atoms with Crippen LogP contribution in [-0.4, -0.2) is 31.2 Å². The molecule has 2 rings (SSSR count). The molecule has 0 amide bonds. The second-order valence-electron chi connectivity index (χ2n) is 3.91. The Bertz CT molecular complexity index is 595. The van der Waals surface area contributed by atoms with Gasteiger partial charge in [0.1, 0.15) is 6.33 Å². The summed E-state index contributed by atoms with van der Waals surface area (Å²) >= 11 is 0. The van der Waals surface area contributed by atoms with Crippen LogP contribution in [0.4, 0.5) is 17.3 Å². The van der Waals surface area contributed by atoms with Crippen LogP contribution in [0.15, 0.2) is 18.7 Å². The number of nitrogens with two attached hydrogens (primary N) is 1. The van der Waals surface area contributed by atoms with Gasteiger partial charge in [0.15, 0.2) is 0 Å². The monoisotopic (exact) mass is 263 g/mol. The number of nitrogen functional groups attached to an aromatic ring is 1. The quantitative estimate of drug-likeness (QED) is 0.589. The smallest absolute Gasteiger partial charge is 0.352 e. The van der Waals surface area contributed by atoms with Crippen molar-refractivity contribution in [2.24, 2.45) is 7.05 Å². The van der Waals surface area contributed by atoms with Crippen LogP contribution in [0.1, 0.15) is 5.56 Å². The van der Waals surface area contributed by atoms with Crippen molar-refractivity contribution in [3.63, 3.8) is 0 Å². The molecule has 0 aliphatic rings. The molecule has 2 aromatic heterocycles. The molecule has 0 saturated heterocycles. The molecule has 0 spiro atoms. The predicted molar refractivity (Wildman–Crippen MR) is 68.5 cm³/mol. The van der Waals surface area contributed by atoms with Gasteiger partial charge >= 0.3 is 5.69 Å². The largest absolute Gasteiger partial charge is 0.378 e. The highest BCUT2D eigenvalue weighted by molar-refractivity contribution is 5.67. The zero-order valence-electron chi connectivity index (χ0n) is 10.3. The van der Waals surface area contributed by atoms with Crippen molar-refractivity contribution in [1.82, 2.24) is 19.7 Å². The summed E-state index contributed by atoms with van der Waals surface area (Å²) < 4.78 is 1.69. The number of aryl methyl sites for hydroxylation is 1. The zero-order valence-corrected chi connectivity index (χ0v) is 10.3. The number of anilines is 2. The van der Waals surface area contributed by atoms with E-state index >= 15 is 0 Å². The summed E-state index contributed by atoms with van der Waals surface area (Å²) in [6.07, 6.45) is 5.48. The average Bonchev–Trinajstić information content (AvgIpc) is 2.74. The summed E-state index contributed by atoms with van der Waals surface area (Å²) in [5.41, 5.74) is 6.19. The molecule has 2 aromatic rings. The molecule has 2 heterocycles. The highest BCUT2D eigenvalue weighted by atomic mass is 16.6. The number of nitrogens with one attached hydrogen (secondary N) is 1. The minimum Gasteiger partial charge on any atom is -0.378 e. The number of rotatable bonds is 5. The summed E-state index contributed by atoms with van der Waals surface area (Å²) in [5, 5.41) is 17.8. The van der Waals surface area contributed by atoms with E-state index in [0.29, 0.717) is 13.0 Å². The second kappa shape index (κ2) is 5.29. The maximum atomic E-state index is 10.9. The lowest BCUT2D eigenvalue weighted by Crippen LogP contribution is -2.10. The van der Waals surface area contributed by atoms with E-state index in [1.54, 1.807) is 10.9 Å². The summed E-state index contributed by atoms with van der Waals surface area (Å²) in [4.78, 5) is 17.7. The molecular formula is C10H13N7O2. The van der Waals surface area contributed by atoms with E-state index in [0.717, 1.165) is 5.56 Å². The van der Waals surface area contributed by atoms with Crippen molar-refractivity contribution in [2.45, 2.75) is 6.42 Å². The Morgan fingerprint density at radius 2 is 2.32 bits per heavy atom. The molecule has 0 aliphatic heterocycles. The van der Waals surface area contributed by atoms with Crippen LogP contribution < -0.4 is 11.1 Å². The van der Waals surface area contributed by atoms with Crippen LogP contribution in [0.25, 0.3) is 0 Å². The van der Waals surface area contributed by atoms with Crippen molar-refractivity contribution < 1.29 is 4.92 Å². The van der Waals surface area contributed by atoms with Gasteiger partial charge in [-0.1, -0.05) is 0 Å². The third-order valence-corrected chi connectivity index (χ3v) is 2.50. The van der Waals surface area contributed by atoms with Crippen LogP contribution in [0.2, 0.25) is 0 Å². The molecule has 0 bridgehead atoms. The maximum absolute atomic E-state index is 10.9. The molecule has 100 valence electrons. The fraction of sp³-hybridized carbons (Fsp3) is 0.300. The molecular weight excluding hydrogens is 250 g/mol. The number of nitrogens with zero attached hydrogens (tertiary/aromatic N) is 5. The van der Waals surface area contributed by atoms with Gasteiger partial charge in [0.2, 0.25) is 11.6 Å². The Morgan fingerprint density at radius 1 is 1.53 bits per heavy atom. The Balaban J connectivity index is 2.03. The van der Waals surface area contributed by atoms with Gasteiger partial charge in [0.25, 0.3) is 0 Å². The van der Waals surface area contributed by atoms with E-state index in [9.17, 15) is 10.1 Å². The first-order valence-corrected chi connectivity index (χ1v) is 5.54. The van der Waals surface area contributed by atoms with Crippen LogP contribution in [0.5, 0.6) is 0 Å².